The van der Waals surface area contributed by atoms with Gasteiger partial charge >= 0.3 is 0 Å². The lowest BCUT2D eigenvalue weighted by molar-refractivity contribution is 0.628. The average molecular weight is 267 g/mol. The number of nitrogens with one attached hydrogen (secondary N) is 1. The van der Waals surface area contributed by atoms with Crippen molar-refractivity contribution in [1.82, 2.24) is 9.97 Å². The Morgan fingerprint density at radius 2 is 2.00 bits per heavy atom. The molecular weight excluding hydrogens is 255 g/mol. The summed E-state index contributed by atoms with van der Waals surface area (Å²) in [6, 6.07) is 4.44. The molecular formula is C12H12ClFN4. The van der Waals surface area contributed by atoms with Crippen molar-refractivity contribution in [2.45, 2.75) is 13.8 Å². The first-order valence-electron chi connectivity index (χ1n) is 5.30. The van der Waals surface area contributed by atoms with Crippen molar-refractivity contribution < 1.29 is 4.39 Å². The Kier molecular flexibility index (Phi) is 3.34. The topological polar surface area (TPSA) is 63.8 Å². The molecule has 3 N–H and O–H groups in total. The molecule has 18 heavy (non-hydrogen) atoms. The molecule has 0 amide bonds. The summed E-state index contributed by atoms with van der Waals surface area (Å²) in [5.74, 6) is 0.0414. The zero-order chi connectivity index (χ0) is 13.3. The number of nitrogen functional groups attached to an aromatic ring is 1. The summed E-state index contributed by atoms with van der Waals surface area (Å²) in [4.78, 5) is 7.93. The highest BCUT2D eigenvalue weighted by atomic mass is 35.5. The van der Waals surface area contributed by atoms with Crippen LogP contribution in [0.4, 0.5) is 21.6 Å². The van der Waals surface area contributed by atoms with Crippen LogP contribution in [0.1, 0.15) is 11.3 Å². The Hall–Kier alpha value is -1.88. The molecule has 0 unspecified atom stereocenters. The smallest absolute Gasteiger partial charge is 0.224 e. The summed E-state index contributed by atoms with van der Waals surface area (Å²) < 4.78 is 13.2. The Balaban J connectivity index is 2.43. The molecule has 0 atom stereocenters. The molecule has 94 valence electrons. The van der Waals surface area contributed by atoms with Crippen LogP contribution in [0.3, 0.4) is 0 Å². The van der Waals surface area contributed by atoms with Gasteiger partial charge in [-0.2, -0.15) is 4.98 Å². The lowest BCUT2D eigenvalue weighted by Gasteiger charge is -2.12. The fourth-order valence-corrected chi connectivity index (χ4v) is 1.71. The summed E-state index contributed by atoms with van der Waals surface area (Å²) in [5.41, 5.74) is 8.29. The van der Waals surface area contributed by atoms with Crippen LogP contribution >= 0.6 is 11.6 Å². The number of benzene rings is 1. The van der Waals surface area contributed by atoms with Crippen LogP contribution in [0.5, 0.6) is 0 Å². The van der Waals surface area contributed by atoms with Crippen molar-refractivity contribution in [3.63, 3.8) is 0 Å². The van der Waals surface area contributed by atoms with Crippen LogP contribution in [0.2, 0.25) is 5.28 Å². The second-order valence-electron chi connectivity index (χ2n) is 3.92. The molecule has 1 aromatic carbocycles. The van der Waals surface area contributed by atoms with Crippen LogP contribution < -0.4 is 11.1 Å². The molecule has 2 rings (SSSR count). The molecule has 4 nitrogen and oxygen atoms in total. The third-order valence-electron chi connectivity index (χ3n) is 2.56. The van der Waals surface area contributed by atoms with Crippen LogP contribution in [-0.2, 0) is 0 Å². The highest BCUT2D eigenvalue weighted by Gasteiger charge is 2.09. The van der Waals surface area contributed by atoms with Gasteiger partial charge in [-0.15, -0.1) is 0 Å². The molecule has 2 aromatic rings. The number of aromatic nitrogens is 2. The molecule has 1 aromatic heterocycles. The van der Waals surface area contributed by atoms with Gasteiger partial charge in [0.15, 0.2) is 5.82 Å². The zero-order valence-corrected chi connectivity index (χ0v) is 10.7. The van der Waals surface area contributed by atoms with Gasteiger partial charge in [-0.1, -0.05) is 6.07 Å². The highest BCUT2D eigenvalue weighted by Crippen LogP contribution is 2.26. The van der Waals surface area contributed by atoms with E-state index in [0.717, 1.165) is 5.56 Å². The minimum atomic E-state index is -0.335. The summed E-state index contributed by atoms with van der Waals surface area (Å²) in [7, 11) is 0. The predicted molar refractivity (Wildman–Crippen MR) is 70.6 cm³/mol. The van der Waals surface area contributed by atoms with Crippen molar-refractivity contribution in [1.29, 1.82) is 0 Å². The summed E-state index contributed by atoms with van der Waals surface area (Å²) in [6.07, 6.45) is 0. The molecule has 0 saturated heterocycles. The number of nitrogens with two attached hydrogens (primary N) is 1. The maximum absolute atomic E-state index is 13.2. The Morgan fingerprint density at radius 3 is 2.72 bits per heavy atom. The minimum Gasteiger partial charge on any atom is -0.394 e. The second kappa shape index (κ2) is 4.78. The maximum atomic E-state index is 13.2. The van der Waals surface area contributed by atoms with E-state index in [1.54, 1.807) is 13.0 Å². The van der Waals surface area contributed by atoms with E-state index in [-0.39, 0.29) is 11.1 Å². The van der Waals surface area contributed by atoms with Gasteiger partial charge in [0.2, 0.25) is 5.28 Å². The standard InChI is InChI=1S/C12H12ClFN4/c1-6-3-4-8(14)5-9(6)17-11-10(15)7(2)16-12(13)18-11/h3-5H,15H2,1-2H3,(H,16,17,18). The van der Waals surface area contributed by atoms with Gasteiger partial charge < -0.3 is 11.1 Å². The lowest BCUT2D eigenvalue weighted by Crippen LogP contribution is -2.04. The van der Waals surface area contributed by atoms with Crippen molar-refractivity contribution >= 4 is 28.8 Å². The molecule has 0 aliphatic heterocycles. The fourth-order valence-electron chi connectivity index (χ4n) is 1.50. The Labute approximate surface area is 109 Å². The van der Waals surface area contributed by atoms with E-state index in [4.69, 9.17) is 17.3 Å². The van der Waals surface area contributed by atoms with Gasteiger partial charge in [0.05, 0.1) is 11.4 Å². The van der Waals surface area contributed by atoms with Crippen LogP contribution in [-0.4, -0.2) is 9.97 Å². The van der Waals surface area contributed by atoms with Gasteiger partial charge in [-0.3, -0.25) is 0 Å². The monoisotopic (exact) mass is 266 g/mol. The quantitative estimate of drug-likeness (QED) is 0.819. The first kappa shape index (κ1) is 12.6. The first-order valence-corrected chi connectivity index (χ1v) is 5.68. The van der Waals surface area contributed by atoms with Gasteiger partial charge in [0.1, 0.15) is 5.82 Å². The van der Waals surface area contributed by atoms with Gasteiger partial charge in [-0.25, -0.2) is 9.37 Å². The minimum absolute atomic E-state index is 0.0956. The SMILES string of the molecule is Cc1ccc(F)cc1Nc1nc(Cl)nc(C)c1N. The molecule has 6 heteroatoms. The predicted octanol–water partition coefficient (Wildman–Crippen LogP) is 3.21. The van der Waals surface area contributed by atoms with Gasteiger partial charge in [0, 0.05) is 5.69 Å². The van der Waals surface area contributed by atoms with Crippen molar-refractivity contribution in [3.8, 4) is 0 Å². The summed E-state index contributed by atoms with van der Waals surface area (Å²) in [5, 5.41) is 3.06. The normalized spacial score (nSPS) is 10.4. The number of hydrogen-bond acceptors (Lipinski definition) is 4. The molecule has 0 radical (unpaired) electrons. The summed E-state index contributed by atoms with van der Waals surface area (Å²) >= 11 is 5.77. The Morgan fingerprint density at radius 1 is 1.28 bits per heavy atom. The maximum Gasteiger partial charge on any atom is 0.224 e. The van der Waals surface area contributed by atoms with Crippen LogP contribution in [0.25, 0.3) is 0 Å². The van der Waals surface area contributed by atoms with Gasteiger partial charge in [0.25, 0.3) is 0 Å². The van der Waals surface area contributed by atoms with E-state index in [2.05, 4.69) is 15.3 Å². The Bertz CT molecular complexity index is 601. The average Bonchev–Trinajstić information content (AvgIpc) is 2.30. The lowest BCUT2D eigenvalue weighted by atomic mass is 10.2. The van der Waals surface area contributed by atoms with E-state index < -0.39 is 0 Å². The third kappa shape index (κ3) is 2.51. The van der Waals surface area contributed by atoms with E-state index >= 15 is 0 Å². The van der Waals surface area contributed by atoms with Crippen molar-refractivity contribution in [2.75, 3.05) is 11.1 Å². The molecule has 0 fully saturated rings. The van der Waals surface area contributed by atoms with E-state index in [9.17, 15) is 4.39 Å². The second-order valence-corrected chi connectivity index (χ2v) is 4.26. The molecule has 0 spiro atoms. The van der Waals surface area contributed by atoms with E-state index in [1.165, 1.54) is 12.1 Å². The van der Waals surface area contributed by atoms with Crippen LogP contribution in [0.15, 0.2) is 18.2 Å². The molecule has 1 heterocycles. The highest BCUT2D eigenvalue weighted by molar-refractivity contribution is 6.28. The van der Waals surface area contributed by atoms with Gasteiger partial charge in [-0.05, 0) is 43.1 Å². The number of hydrogen-bond donors (Lipinski definition) is 2. The first-order chi connectivity index (χ1) is 8.47. The molecule has 0 aliphatic carbocycles. The van der Waals surface area contributed by atoms with E-state index in [0.29, 0.717) is 22.9 Å². The number of rotatable bonds is 2. The molecule has 0 bridgehead atoms. The zero-order valence-electron chi connectivity index (χ0n) is 9.96. The number of halogens is 2. The molecule has 0 aliphatic rings. The van der Waals surface area contributed by atoms with Crippen molar-refractivity contribution in [3.05, 3.63) is 40.6 Å². The molecule has 0 saturated carbocycles. The number of anilines is 3. The van der Waals surface area contributed by atoms with Crippen molar-refractivity contribution in [2.24, 2.45) is 0 Å². The van der Waals surface area contributed by atoms with E-state index in [1.807, 2.05) is 6.92 Å². The number of aryl methyl sites for hydroxylation is 2. The summed E-state index contributed by atoms with van der Waals surface area (Å²) in [6.45, 7) is 3.58. The van der Waals surface area contributed by atoms with Crippen LogP contribution in [0, 0.1) is 19.7 Å². The largest absolute Gasteiger partial charge is 0.394 e. The third-order valence-corrected chi connectivity index (χ3v) is 2.73. The number of nitrogens with zero attached hydrogens (tertiary/aromatic N) is 2. The fraction of sp³-hybridized carbons (Fsp3) is 0.167.